The highest BCUT2D eigenvalue weighted by Gasteiger charge is 2.31. The summed E-state index contributed by atoms with van der Waals surface area (Å²) < 4.78 is 37.4. The number of sulfonamides is 1. The summed E-state index contributed by atoms with van der Waals surface area (Å²) in [7, 11) is -3.16. The van der Waals surface area contributed by atoms with Gasteiger partial charge < -0.3 is 19.7 Å². The van der Waals surface area contributed by atoms with Gasteiger partial charge in [-0.25, -0.2) is 8.42 Å². The zero-order valence-electron chi connectivity index (χ0n) is 18.0. The molecular weight excluding hydrogens is 392 g/mol. The first-order chi connectivity index (χ1) is 14.0. The number of rotatable bonds is 7. The highest BCUT2D eigenvalue weighted by atomic mass is 32.2. The Morgan fingerprint density at radius 3 is 2.59 bits per heavy atom. The van der Waals surface area contributed by atoms with Gasteiger partial charge in [0.2, 0.25) is 10.0 Å². The molecule has 168 valence electrons. The first-order valence-electron chi connectivity index (χ1n) is 11.2. The summed E-state index contributed by atoms with van der Waals surface area (Å²) in [5.74, 6) is 0.891. The molecule has 8 nitrogen and oxygen atoms in total. The van der Waals surface area contributed by atoms with Gasteiger partial charge in [0.05, 0.1) is 31.6 Å². The first kappa shape index (κ1) is 22.8. The highest BCUT2D eigenvalue weighted by Crippen LogP contribution is 2.21. The van der Waals surface area contributed by atoms with Crippen molar-refractivity contribution in [2.24, 2.45) is 4.99 Å². The van der Waals surface area contributed by atoms with Gasteiger partial charge in [0.15, 0.2) is 5.96 Å². The number of hydrogen-bond acceptors (Lipinski definition) is 5. The summed E-state index contributed by atoms with van der Waals surface area (Å²) in [6.45, 7) is 7.38. The van der Waals surface area contributed by atoms with E-state index in [1.165, 1.54) is 19.1 Å². The largest absolute Gasteiger partial charge is 0.376 e. The molecule has 0 aromatic carbocycles. The van der Waals surface area contributed by atoms with Gasteiger partial charge in [-0.3, -0.25) is 4.99 Å². The van der Waals surface area contributed by atoms with Crippen LogP contribution in [0.4, 0.5) is 0 Å². The van der Waals surface area contributed by atoms with Crippen LogP contribution in [-0.2, 0) is 19.5 Å². The van der Waals surface area contributed by atoms with Gasteiger partial charge in [0, 0.05) is 38.8 Å². The maximum absolute atomic E-state index is 12.0. The molecule has 2 atom stereocenters. The average molecular weight is 431 g/mol. The normalized spacial score (nSPS) is 28.1. The second-order valence-electron chi connectivity index (χ2n) is 8.37. The molecule has 0 amide bonds. The van der Waals surface area contributed by atoms with Crippen LogP contribution < -0.4 is 5.32 Å². The Morgan fingerprint density at radius 2 is 1.93 bits per heavy atom. The quantitative estimate of drug-likeness (QED) is 0.486. The molecule has 3 aliphatic rings. The third-order valence-corrected chi connectivity index (χ3v) is 7.40. The van der Waals surface area contributed by atoms with Gasteiger partial charge in [-0.1, -0.05) is 0 Å². The fraction of sp³-hybridized carbons (Fsp3) is 0.950. The molecule has 1 unspecified atom stereocenters. The van der Waals surface area contributed by atoms with E-state index in [1.54, 1.807) is 4.31 Å². The van der Waals surface area contributed by atoms with Gasteiger partial charge in [0.25, 0.3) is 0 Å². The van der Waals surface area contributed by atoms with Crippen molar-refractivity contribution in [1.82, 2.24) is 14.5 Å². The Kier molecular flexibility index (Phi) is 8.58. The molecule has 3 fully saturated rings. The zero-order valence-corrected chi connectivity index (χ0v) is 18.8. The minimum absolute atomic E-state index is 0.0185. The number of guanidine groups is 1. The Hall–Kier alpha value is -0.900. The van der Waals surface area contributed by atoms with Gasteiger partial charge >= 0.3 is 0 Å². The van der Waals surface area contributed by atoms with E-state index in [9.17, 15) is 8.42 Å². The molecule has 1 N–H and O–H groups in total. The minimum Gasteiger partial charge on any atom is -0.376 e. The smallest absolute Gasteiger partial charge is 0.211 e. The number of piperidine rings is 1. The standard InChI is InChI=1S/C20H38N4O4S/c1-3-21-20(22-15-17-7-6-11-24(17)29(2,25)26)23-12-9-18(10-13-23)28-16-19-8-4-5-14-27-19/h17-19H,3-16H2,1-2H3,(H,21,22)/t17-,19?/m1/s1. The molecule has 0 aliphatic carbocycles. The second kappa shape index (κ2) is 10.9. The van der Waals surface area contributed by atoms with E-state index in [0.717, 1.165) is 64.3 Å². The Labute approximate surface area is 176 Å². The van der Waals surface area contributed by atoms with E-state index in [4.69, 9.17) is 14.5 Å². The van der Waals surface area contributed by atoms with Crippen molar-refractivity contribution < 1.29 is 17.9 Å². The SMILES string of the molecule is CCNC(=NC[C@H]1CCCN1S(C)(=O)=O)N1CCC(OCC2CCCCO2)CC1. The minimum atomic E-state index is -3.16. The topological polar surface area (TPSA) is 83.5 Å². The number of likely N-dealkylation sites (tertiary alicyclic amines) is 1. The van der Waals surface area contributed by atoms with Crippen molar-refractivity contribution in [3.63, 3.8) is 0 Å². The van der Waals surface area contributed by atoms with Crippen LogP contribution in [0.5, 0.6) is 0 Å². The van der Waals surface area contributed by atoms with Crippen LogP contribution in [0.15, 0.2) is 4.99 Å². The van der Waals surface area contributed by atoms with Crippen LogP contribution in [0, 0.1) is 0 Å². The number of hydrogen-bond donors (Lipinski definition) is 1. The van der Waals surface area contributed by atoms with Gasteiger partial charge in [0.1, 0.15) is 0 Å². The van der Waals surface area contributed by atoms with E-state index >= 15 is 0 Å². The molecule has 9 heteroatoms. The van der Waals surface area contributed by atoms with E-state index in [2.05, 4.69) is 17.1 Å². The fourth-order valence-electron chi connectivity index (χ4n) is 4.46. The predicted molar refractivity (Wildman–Crippen MR) is 115 cm³/mol. The summed E-state index contributed by atoms with van der Waals surface area (Å²) in [6.07, 6.45) is 9.14. The van der Waals surface area contributed by atoms with Crippen LogP contribution in [0.2, 0.25) is 0 Å². The molecule has 3 heterocycles. The highest BCUT2D eigenvalue weighted by molar-refractivity contribution is 7.88. The van der Waals surface area contributed by atoms with Crippen molar-refractivity contribution in [2.45, 2.75) is 70.1 Å². The molecule has 3 saturated heterocycles. The van der Waals surface area contributed by atoms with E-state index in [-0.39, 0.29) is 18.2 Å². The fourth-order valence-corrected chi connectivity index (χ4v) is 5.64. The summed E-state index contributed by atoms with van der Waals surface area (Å²) in [5.41, 5.74) is 0. The summed E-state index contributed by atoms with van der Waals surface area (Å²) in [6, 6.07) is -0.0185. The lowest BCUT2D eigenvalue weighted by Gasteiger charge is -2.35. The molecule has 0 radical (unpaired) electrons. The van der Waals surface area contributed by atoms with E-state index in [0.29, 0.717) is 19.7 Å². The van der Waals surface area contributed by atoms with Crippen LogP contribution in [0.25, 0.3) is 0 Å². The molecular formula is C20H38N4O4S. The summed E-state index contributed by atoms with van der Waals surface area (Å²) >= 11 is 0. The maximum Gasteiger partial charge on any atom is 0.211 e. The Morgan fingerprint density at radius 1 is 1.14 bits per heavy atom. The predicted octanol–water partition coefficient (Wildman–Crippen LogP) is 1.43. The third-order valence-electron chi connectivity index (χ3n) is 6.07. The van der Waals surface area contributed by atoms with Gasteiger partial charge in [-0.05, 0) is 51.9 Å². The molecule has 0 bridgehead atoms. The maximum atomic E-state index is 12.0. The molecule has 3 rings (SSSR count). The number of nitrogens with zero attached hydrogens (tertiary/aromatic N) is 3. The third kappa shape index (κ3) is 6.80. The molecule has 0 saturated carbocycles. The average Bonchev–Trinajstić information content (AvgIpc) is 3.20. The van der Waals surface area contributed by atoms with Crippen molar-refractivity contribution >= 4 is 16.0 Å². The van der Waals surface area contributed by atoms with Gasteiger partial charge in [-0.15, -0.1) is 0 Å². The first-order valence-corrected chi connectivity index (χ1v) is 13.1. The summed E-state index contributed by atoms with van der Waals surface area (Å²) in [4.78, 5) is 7.07. The van der Waals surface area contributed by atoms with Crippen molar-refractivity contribution in [1.29, 1.82) is 0 Å². The number of aliphatic imine (C=N–C) groups is 1. The molecule has 3 aliphatic heterocycles. The Balaban J connectivity index is 1.47. The lowest BCUT2D eigenvalue weighted by atomic mass is 10.1. The zero-order chi connectivity index (χ0) is 20.7. The lowest BCUT2D eigenvalue weighted by molar-refractivity contribution is -0.0721. The molecule has 0 aromatic heterocycles. The van der Waals surface area contributed by atoms with Crippen LogP contribution in [0.1, 0.15) is 51.9 Å². The van der Waals surface area contributed by atoms with Crippen LogP contribution in [0.3, 0.4) is 0 Å². The number of nitrogens with one attached hydrogen (secondary N) is 1. The Bertz CT molecular complexity index is 628. The second-order valence-corrected chi connectivity index (χ2v) is 10.3. The number of ether oxygens (including phenoxy) is 2. The van der Waals surface area contributed by atoms with Crippen molar-refractivity contribution in [3.05, 3.63) is 0 Å². The summed E-state index contributed by atoms with van der Waals surface area (Å²) in [5, 5.41) is 3.38. The lowest BCUT2D eigenvalue weighted by Crippen LogP contribution is -2.48. The van der Waals surface area contributed by atoms with Crippen molar-refractivity contribution in [2.75, 3.05) is 52.2 Å². The van der Waals surface area contributed by atoms with E-state index in [1.807, 2.05) is 0 Å². The van der Waals surface area contributed by atoms with Gasteiger partial charge in [-0.2, -0.15) is 4.31 Å². The van der Waals surface area contributed by atoms with E-state index < -0.39 is 10.0 Å². The van der Waals surface area contributed by atoms with Crippen molar-refractivity contribution in [3.8, 4) is 0 Å². The molecule has 29 heavy (non-hydrogen) atoms. The molecule has 0 spiro atoms. The van der Waals surface area contributed by atoms with Crippen LogP contribution in [-0.4, -0.2) is 94.0 Å². The van der Waals surface area contributed by atoms with Crippen LogP contribution >= 0.6 is 0 Å². The monoisotopic (exact) mass is 430 g/mol. The molecule has 0 aromatic rings.